The minimum atomic E-state index is 0.268. The van der Waals surface area contributed by atoms with E-state index in [4.69, 9.17) is 4.74 Å². The van der Waals surface area contributed by atoms with Gasteiger partial charge in [0.05, 0.1) is 13.2 Å². The maximum atomic E-state index is 5.59. The second-order valence-corrected chi connectivity index (χ2v) is 7.76. The highest BCUT2D eigenvalue weighted by Gasteiger charge is 2.38. The summed E-state index contributed by atoms with van der Waals surface area (Å²) in [5.41, 5.74) is 0.268. The zero-order valence-corrected chi connectivity index (χ0v) is 17.5. The summed E-state index contributed by atoms with van der Waals surface area (Å²) in [7, 11) is 1.87. The van der Waals surface area contributed by atoms with Crippen LogP contribution in [0.15, 0.2) is 4.99 Å². The molecule has 1 aliphatic heterocycles. The summed E-state index contributed by atoms with van der Waals surface area (Å²) in [6.07, 6.45) is 6.62. The molecule has 1 atom stereocenters. The summed E-state index contributed by atoms with van der Waals surface area (Å²) in [6, 6.07) is 0.506. The van der Waals surface area contributed by atoms with E-state index in [0.717, 1.165) is 58.4 Å². The molecule has 0 aromatic heterocycles. The molecule has 1 unspecified atom stereocenters. The van der Waals surface area contributed by atoms with E-state index in [2.05, 4.69) is 46.2 Å². The van der Waals surface area contributed by atoms with Crippen molar-refractivity contribution >= 4 is 5.96 Å². The van der Waals surface area contributed by atoms with Gasteiger partial charge in [-0.25, -0.2) is 0 Å². The summed E-state index contributed by atoms with van der Waals surface area (Å²) in [6.45, 7) is 14.7. The van der Waals surface area contributed by atoms with Gasteiger partial charge in [0.25, 0.3) is 0 Å². The number of nitrogens with zero attached hydrogens (tertiary/aromatic N) is 3. The molecule has 1 saturated heterocycles. The highest BCUT2D eigenvalue weighted by atomic mass is 16.5. The standard InChI is InChI=1S/C20H41N5O/c1-5-24(6-2)18(3)16-22-19(21-4)23-17-20(10-8-7-9-11-20)25-12-14-26-15-13-25/h18H,5-17H2,1-4H3,(H2,21,22,23). The van der Waals surface area contributed by atoms with E-state index in [9.17, 15) is 0 Å². The summed E-state index contributed by atoms with van der Waals surface area (Å²) in [4.78, 5) is 9.61. The predicted octanol–water partition coefficient (Wildman–Crippen LogP) is 1.92. The molecule has 1 aliphatic carbocycles. The van der Waals surface area contributed by atoms with Crippen LogP contribution in [0.4, 0.5) is 0 Å². The van der Waals surface area contributed by atoms with Gasteiger partial charge in [0.1, 0.15) is 0 Å². The molecule has 1 heterocycles. The maximum Gasteiger partial charge on any atom is 0.191 e. The lowest BCUT2D eigenvalue weighted by Crippen LogP contribution is -2.60. The highest BCUT2D eigenvalue weighted by Crippen LogP contribution is 2.33. The molecule has 26 heavy (non-hydrogen) atoms. The number of hydrogen-bond donors (Lipinski definition) is 2. The quantitative estimate of drug-likeness (QED) is 0.507. The van der Waals surface area contributed by atoms with E-state index in [-0.39, 0.29) is 5.54 Å². The number of ether oxygens (including phenoxy) is 1. The molecule has 152 valence electrons. The maximum absolute atomic E-state index is 5.59. The lowest BCUT2D eigenvalue weighted by molar-refractivity contribution is -0.0352. The fourth-order valence-corrected chi connectivity index (χ4v) is 4.54. The van der Waals surface area contributed by atoms with E-state index in [1.54, 1.807) is 0 Å². The topological polar surface area (TPSA) is 52.1 Å². The van der Waals surface area contributed by atoms with Crippen LogP contribution >= 0.6 is 0 Å². The second kappa shape index (κ2) is 11.1. The summed E-state index contributed by atoms with van der Waals surface area (Å²) in [5, 5.41) is 7.18. The zero-order valence-electron chi connectivity index (χ0n) is 17.5. The molecule has 2 aliphatic rings. The fraction of sp³-hybridized carbons (Fsp3) is 0.950. The number of aliphatic imine (C=N–C) groups is 1. The Bertz CT molecular complexity index is 412. The molecule has 0 amide bonds. The third-order valence-corrected chi connectivity index (χ3v) is 6.28. The zero-order chi connectivity index (χ0) is 18.8. The van der Waals surface area contributed by atoms with Crippen molar-refractivity contribution in [3.63, 3.8) is 0 Å². The van der Waals surface area contributed by atoms with Gasteiger partial charge in [-0.1, -0.05) is 33.1 Å². The Morgan fingerprint density at radius 3 is 2.35 bits per heavy atom. The van der Waals surface area contributed by atoms with Crippen molar-refractivity contribution in [2.24, 2.45) is 4.99 Å². The van der Waals surface area contributed by atoms with Crippen molar-refractivity contribution in [3.05, 3.63) is 0 Å². The van der Waals surface area contributed by atoms with Crippen molar-refractivity contribution in [3.8, 4) is 0 Å². The number of guanidine groups is 1. The lowest BCUT2D eigenvalue weighted by atomic mass is 9.80. The van der Waals surface area contributed by atoms with E-state index >= 15 is 0 Å². The summed E-state index contributed by atoms with van der Waals surface area (Å²) in [5.74, 6) is 0.933. The molecule has 2 rings (SSSR count). The minimum absolute atomic E-state index is 0.268. The van der Waals surface area contributed by atoms with Gasteiger partial charge in [0.15, 0.2) is 5.96 Å². The number of rotatable bonds is 8. The Balaban J connectivity index is 1.89. The average molecular weight is 368 g/mol. The van der Waals surface area contributed by atoms with Gasteiger partial charge in [-0.3, -0.25) is 14.8 Å². The second-order valence-electron chi connectivity index (χ2n) is 7.76. The van der Waals surface area contributed by atoms with Gasteiger partial charge >= 0.3 is 0 Å². The van der Waals surface area contributed by atoms with Gasteiger partial charge in [-0.2, -0.15) is 0 Å². The Morgan fingerprint density at radius 2 is 1.77 bits per heavy atom. The first-order chi connectivity index (χ1) is 12.6. The van der Waals surface area contributed by atoms with Crippen LogP contribution in [0.25, 0.3) is 0 Å². The Labute approximate surface area is 160 Å². The first-order valence-electron chi connectivity index (χ1n) is 10.7. The van der Waals surface area contributed by atoms with Crippen LogP contribution in [0, 0.1) is 0 Å². The van der Waals surface area contributed by atoms with Crippen LogP contribution in [-0.2, 0) is 4.74 Å². The molecule has 1 saturated carbocycles. The minimum Gasteiger partial charge on any atom is -0.379 e. The molecule has 2 fully saturated rings. The largest absolute Gasteiger partial charge is 0.379 e. The van der Waals surface area contributed by atoms with E-state index < -0.39 is 0 Å². The Morgan fingerprint density at radius 1 is 1.12 bits per heavy atom. The molecule has 6 heteroatoms. The number of nitrogens with one attached hydrogen (secondary N) is 2. The monoisotopic (exact) mass is 367 g/mol. The van der Waals surface area contributed by atoms with E-state index in [1.807, 2.05) is 7.05 Å². The number of likely N-dealkylation sites (N-methyl/N-ethyl adjacent to an activating group) is 1. The molecule has 6 nitrogen and oxygen atoms in total. The van der Waals surface area contributed by atoms with Crippen LogP contribution in [0.2, 0.25) is 0 Å². The molecule has 0 aromatic carbocycles. The number of morpholine rings is 1. The van der Waals surface area contributed by atoms with Crippen LogP contribution in [-0.4, -0.2) is 86.9 Å². The van der Waals surface area contributed by atoms with Crippen LogP contribution in [0.5, 0.6) is 0 Å². The molecule has 0 aromatic rings. The first kappa shape index (κ1) is 21.5. The van der Waals surface area contributed by atoms with Crippen molar-refractivity contribution < 1.29 is 4.74 Å². The Hall–Kier alpha value is -0.850. The third kappa shape index (κ3) is 5.83. The molecular weight excluding hydrogens is 326 g/mol. The SMILES string of the molecule is CCN(CC)C(C)CNC(=NC)NCC1(N2CCOCC2)CCCCC1. The summed E-state index contributed by atoms with van der Waals surface area (Å²) >= 11 is 0. The Kier molecular flexibility index (Phi) is 9.16. The van der Waals surface area contributed by atoms with Crippen molar-refractivity contribution in [1.82, 2.24) is 20.4 Å². The van der Waals surface area contributed by atoms with Gasteiger partial charge in [-0.15, -0.1) is 0 Å². The van der Waals surface area contributed by atoms with Gasteiger partial charge in [0.2, 0.25) is 0 Å². The summed E-state index contributed by atoms with van der Waals surface area (Å²) < 4.78 is 5.59. The first-order valence-corrected chi connectivity index (χ1v) is 10.7. The fourth-order valence-electron chi connectivity index (χ4n) is 4.54. The molecule has 0 spiro atoms. The van der Waals surface area contributed by atoms with Gasteiger partial charge < -0.3 is 15.4 Å². The molecule has 2 N–H and O–H groups in total. The molecule has 0 radical (unpaired) electrons. The van der Waals surface area contributed by atoms with Crippen molar-refractivity contribution in [2.75, 3.05) is 59.5 Å². The van der Waals surface area contributed by atoms with Crippen LogP contribution in [0.1, 0.15) is 52.9 Å². The van der Waals surface area contributed by atoms with Crippen LogP contribution in [0.3, 0.4) is 0 Å². The third-order valence-electron chi connectivity index (χ3n) is 6.28. The van der Waals surface area contributed by atoms with Crippen molar-refractivity contribution in [1.29, 1.82) is 0 Å². The van der Waals surface area contributed by atoms with Crippen LogP contribution < -0.4 is 10.6 Å². The van der Waals surface area contributed by atoms with Gasteiger partial charge in [-0.05, 0) is 32.9 Å². The normalized spacial score (nSPS) is 23.0. The average Bonchev–Trinajstić information content (AvgIpc) is 2.70. The smallest absolute Gasteiger partial charge is 0.191 e. The lowest BCUT2D eigenvalue weighted by Gasteiger charge is -2.48. The highest BCUT2D eigenvalue weighted by molar-refractivity contribution is 5.79. The van der Waals surface area contributed by atoms with E-state index in [1.165, 1.54) is 32.1 Å². The van der Waals surface area contributed by atoms with E-state index in [0.29, 0.717) is 6.04 Å². The van der Waals surface area contributed by atoms with Gasteiger partial charge in [0, 0.05) is 44.8 Å². The number of hydrogen-bond acceptors (Lipinski definition) is 4. The molecular formula is C20H41N5O. The molecule has 0 bridgehead atoms. The van der Waals surface area contributed by atoms with Crippen molar-refractivity contribution in [2.45, 2.75) is 64.5 Å². The predicted molar refractivity (Wildman–Crippen MR) is 110 cm³/mol.